The molecular weight excluding hydrogens is 248 g/mol. The van der Waals surface area contributed by atoms with E-state index in [4.69, 9.17) is 4.42 Å². The van der Waals surface area contributed by atoms with Gasteiger partial charge in [0, 0.05) is 21.7 Å². The smallest absolute Gasteiger partial charge is 0.228 e. The summed E-state index contributed by atoms with van der Waals surface area (Å²) >= 11 is 0. The quantitative estimate of drug-likeness (QED) is 0.440. The lowest BCUT2D eigenvalue weighted by atomic mass is 10.1. The Morgan fingerprint density at radius 1 is 0.800 bits per heavy atom. The third-order valence-electron chi connectivity index (χ3n) is 3.87. The first-order valence-corrected chi connectivity index (χ1v) is 6.58. The molecule has 2 aromatic carbocycles. The van der Waals surface area contributed by atoms with Gasteiger partial charge in [-0.15, -0.1) is 0 Å². The van der Waals surface area contributed by atoms with Gasteiger partial charge in [-0.25, -0.2) is 4.98 Å². The van der Waals surface area contributed by atoms with E-state index in [2.05, 4.69) is 34.2 Å². The number of nitrogens with zero attached hydrogens (tertiary/aromatic N) is 1. The summed E-state index contributed by atoms with van der Waals surface area (Å²) < 4.78 is 5.85. The molecule has 0 fully saturated rings. The fourth-order valence-corrected chi connectivity index (χ4v) is 3.02. The molecule has 94 valence electrons. The molecule has 0 aliphatic carbocycles. The summed E-state index contributed by atoms with van der Waals surface area (Å²) in [7, 11) is 0. The predicted molar refractivity (Wildman–Crippen MR) is 80.9 cm³/mol. The number of pyridine rings is 1. The van der Waals surface area contributed by atoms with Gasteiger partial charge in [-0.05, 0) is 12.1 Å². The van der Waals surface area contributed by atoms with Crippen LogP contribution in [0.3, 0.4) is 0 Å². The maximum atomic E-state index is 5.85. The Labute approximate surface area is 113 Å². The van der Waals surface area contributed by atoms with Crippen LogP contribution in [0.4, 0.5) is 0 Å². The molecule has 5 aromatic rings. The van der Waals surface area contributed by atoms with E-state index in [0.717, 1.165) is 27.4 Å². The van der Waals surface area contributed by atoms with E-state index >= 15 is 0 Å². The fourth-order valence-electron chi connectivity index (χ4n) is 3.02. The van der Waals surface area contributed by atoms with Gasteiger partial charge >= 0.3 is 0 Å². The SMILES string of the molecule is c1ccc2c(c1)[nH]c1cnc3oc4ccccc4c3c12. The predicted octanol–water partition coefficient (Wildman–Crippen LogP) is 4.62. The zero-order chi connectivity index (χ0) is 13.1. The Bertz CT molecular complexity index is 1010. The number of hydrogen-bond donors (Lipinski definition) is 1. The van der Waals surface area contributed by atoms with Gasteiger partial charge in [-0.1, -0.05) is 36.4 Å². The van der Waals surface area contributed by atoms with Gasteiger partial charge in [0.1, 0.15) is 5.58 Å². The molecule has 0 aliphatic heterocycles. The second kappa shape index (κ2) is 3.39. The number of hydrogen-bond acceptors (Lipinski definition) is 2. The summed E-state index contributed by atoms with van der Waals surface area (Å²) in [5.41, 5.74) is 3.75. The highest BCUT2D eigenvalue weighted by atomic mass is 16.3. The van der Waals surface area contributed by atoms with Crippen molar-refractivity contribution in [2.45, 2.75) is 0 Å². The first-order valence-electron chi connectivity index (χ1n) is 6.58. The summed E-state index contributed by atoms with van der Waals surface area (Å²) in [6, 6.07) is 16.4. The summed E-state index contributed by atoms with van der Waals surface area (Å²) in [5.74, 6) is 0. The largest absolute Gasteiger partial charge is 0.438 e. The number of aromatic nitrogens is 2. The number of para-hydroxylation sites is 2. The summed E-state index contributed by atoms with van der Waals surface area (Å²) in [6.07, 6.45) is 1.85. The lowest BCUT2D eigenvalue weighted by Gasteiger charge is -1.93. The minimum atomic E-state index is 0.698. The van der Waals surface area contributed by atoms with E-state index in [-0.39, 0.29) is 0 Å². The Balaban J connectivity index is 2.19. The molecule has 0 saturated carbocycles. The normalized spacial score (nSPS) is 12.0. The molecule has 5 rings (SSSR count). The number of benzene rings is 2. The van der Waals surface area contributed by atoms with Crippen LogP contribution in [0.25, 0.3) is 43.9 Å². The van der Waals surface area contributed by atoms with Crippen LogP contribution in [-0.2, 0) is 0 Å². The van der Waals surface area contributed by atoms with Crippen LogP contribution in [0.15, 0.2) is 59.1 Å². The topological polar surface area (TPSA) is 41.8 Å². The number of nitrogens with one attached hydrogen (secondary N) is 1. The zero-order valence-corrected chi connectivity index (χ0v) is 10.6. The van der Waals surface area contributed by atoms with Crippen molar-refractivity contribution in [1.82, 2.24) is 9.97 Å². The molecule has 0 spiro atoms. The van der Waals surface area contributed by atoms with Gasteiger partial charge < -0.3 is 9.40 Å². The van der Waals surface area contributed by atoms with E-state index in [1.807, 2.05) is 30.5 Å². The Morgan fingerprint density at radius 2 is 1.60 bits per heavy atom. The van der Waals surface area contributed by atoms with Gasteiger partial charge in [-0.2, -0.15) is 0 Å². The second-order valence-corrected chi connectivity index (χ2v) is 5.00. The minimum Gasteiger partial charge on any atom is -0.438 e. The van der Waals surface area contributed by atoms with E-state index < -0.39 is 0 Å². The number of rotatable bonds is 0. The highest BCUT2D eigenvalue weighted by Crippen LogP contribution is 2.36. The maximum absolute atomic E-state index is 5.85. The third-order valence-corrected chi connectivity index (χ3v) is 3.87. The van der Waals surface area contributed by atoms with Crippen molar-refractivity contribution < 1.29 is 4.42 Å². The molecule has 3 nitrogen and oxygen atoms in total. The summed E-state index contributed by atoms with van der Waals surface area (Å²) in [4.78, 5) is 7.86. The van der Waals surface area contributed by atoms with Gasteiger partial charge in [0.05, 0.1) is 17.1 Å². The standard InChI is InChI=1S/C17H10N2O/c1-3-7-12-10(5-1)15-13(19-12)9-18-17-16(15)11-6-2-4-8-14(11)20-17/h1-9,19H. The van der Waals surface area contributed by atoms with Crippen LogP contribution in [-0.4, -0.2) is 9.97 Å². The minimum absolute atomic E-state index is 0.698. The highest BCUT2D eigenvalue weighted by Gasteiger charge is 2.14. The van der Waals surface area contributed by atoms with E-state index in [1.54, 1.807) is 0 Å². The van der Waals surface area contributed by atoms with E-state index in [1.165, 1.54) is 10.8 Å². The number of H-pyrrole nitrogens is 1. The number of furan rings is 1. The van der Waals surface area contributed by atoms with Crippen molar-refractivity contribution in [3.8, 4) is 0 Å². The van der Waals surface area contributed by atoms with Crippen LogP contribution >= 0.6 is 0 Å². The van der Waals surface area contributed by atoms with Crippen LogP contribution < -0.4 is 0 Å². The second-order valence-electron chi connectivity index (χ2n) is 5.00. The van der Waals surface area contributed by atoms with Crippen molar-refractivity contribution in [2.75, 3.05) is 0 Å². The summed E-state index contributed by atoms with van der Waals surface area (Å²) in [6.45, 7) is 0. The lowest BCUT2D eigenvalue weighted by Crippen LogP contribution is -1.75. The van der Waals surface area contributed by atoms with Crippen LogP contribution in [0.5, 0.6) is 0 Å². The van der Waals surface area contributed by atoms with Crippen molar-refractivity contribution in [2.24, 2.45) is 0 Å². The molecule has 1 N–H and O–H groups in total. The lowest BCUT2D eigenvalue weighted by molar-refractivity contribution is 0.654. The molecule has 0 amide bonds. The fraction of sp³-hybridized carbons (Fsp3) is 0. The van der Waals surface area contributed by atoms with Crippen LogP contribution in [0.2, 0.25) is 0 Å². The van der Waals surface area contributed by atoms with Gasteiger partial charge in [0.15, 0.2) is 0 Å². The highest BCUT2D eigenvalue weighted by molar-refractivity contribution is 6.25. The Morgan fingerprint density at radius 3 is 2.55 bits per heavy atom. The first kappa shape index (κ1) is 10.0. The molecule has 20 heavy (non-hydrogen) atoms. The Hall–Kier alpha value is -2.81. The van der Waals surface area contributed by atoms with E-state index in [0.29, 0.717) is 5.71 Å². The molecule has 0 unspecified atom stereocenters. The van der Waals surface area contributed by atoms with Crippen molar-refractivity contribution in [1.29, 1.82) is 0 Å². The average molecular weight is 258 g/mol. The van der Waals surface area contributed by atoms with Crippen molar-refractivity contribution >= 4 is 43.9 Å². The molecule has 3 aromatic heterocycles. The molecule has 3 heterocycles. The third kappa shape index (κ3) is 1.12. The molecule has 0 bridgehead atoms. The molecule has 3 heteroatoms. The molecular formula is C17H10N2O. The van der Waals surface area contributed by atoms with Crippen LogP contribution in [0, 0.1) is 0 Å². The van der Waals surface area contributed by atoms with Crippen molar-refractivity contribution in [3.05, 3.63) is 54.7 Å². The van der Waals surface area contributed by atoms with Crippen molar-refractivity contribution in [3.63, 3.8) is 0 Å². The first-order chi connectivity index (χ1) is 9.92. The maximum Gasteiger partial charge on any atom is 0.228 e. The van der Waals surface area contributed by atoms with Gasteiger partial charge in [0.2, 0.25) is 5.71 Å². The number of aromatic amines is 1. The monoisotopic (exact) mass is 258 g/mol. The van der Waals surface area contributed by atoms with Gasteiger partial charge in [0.25, 0.3) is 0 Å². The average Bonchev–Trinajstić information content (AvgIpc) is 3.04. The Kier molecular flexibility index (Phi) is 1.70. The molecule has 0 radical (unpaired) electrons. The molecule has 0 atom stereocenters. The van der Waals surface area contributed by atoms with Crippen LogP contribution in [0.1, 0.15) is 0 Å². The zero-order valence-electron chi connectivity index (χ0n) is 10.6. The van der Waals surface area contributed by atoms with E-state index in [9.17, 15) is 0 Å². The molecule has 0 saturated heterocycles. The molecule has 0 aliphatic rings. The van der Waals surface area contributed by atoms with Gasteiger partial charge in [-0.3, -0.25) is 0 Å². The number of fused-ring (bicyclic) bond motifs is 7. The summed E-state index contributed by atoms with van der Waals surface area (Å²) in [5, 5.41) is 4.61.